The lowest BCUT2D eigenvalue weighted by Gasteiger charge is -2.13. The normalized spacial score (nSPS) is 11.2. The minimum atomic E-state index is -3.90. The zero-order valence-electron chi connectivity index (χ0n) is 17.6. The van der Waals surface area contributed by atoms with E-state index < -0.39 is 10.0 Å². The summed E-state index contributed by atoms with van der Waals surface area (Å²) in [6, 6.07) is 12.2. The molecule has 3 aromatic rings. The molecule has 0 saturated heterocycles. The monoisotopic (exact) mass is 431 g/mol. The molecule has 160 valence electrons. The van der Waals surface area contributed by atoms with Gasteiger partial charge >= 0.3 is 0 Å². The largest absolute Gasteiger partial charge is 0.497 e. The highest BCUT2D eigenvalue weighted by molar-refractivity contribution is 7.92. The van der Waals surface area contributed by atoms with Gasteiger partial charge in [-0.25, -0.2) is 8.42 Å². The van der Waals surface area contributed by atoms with Crippen LogP contribution in [0.5, 0.6) is 17.2 Å². The van der Waals surface area contributed by atoms with Gasteiger partial charge in [0.1, 0.15) is 22.1 Å². The molecule has 3 rings (SSSR count). The van der Waals surface area contributed by atoms with E-state index in [1.165, 1.54) is 26.4 Å². The van der Waals surface area contributed by atoms with Crippen LogP contribution >= 0.6 is 0 Å². The molecule has 2 aromatic carbocycles. The maximum Gasteiger partial charge on any atom is 0.265 e. The quantitative estimate of drug-likeness (QED) is 0.588. The van der Waals surface area contributed by atoms with Crippen molar-refractivity contribution in [3.8, 4) is 17.2 Å². The van der Waals surface area contributed by atoms with Gasteiger partial charge < -0.3 is 14.2 Å². The van der Waals surface area contributed by atoms with Gasteiger partial charge in [0.25, 0.3) is 10.0 Å². The summed E-state index contributed by atoms with van der Waals surface area (Å²) in [5, 5.41) is 4.51. The van der Waals surface area contributed by atoms with Crippen LogP contribution in [0.15, 0.2) is 47.4 Å². The van der Waals surface area contributed by atoms with E-state index in [9.17, 15) is 8.42 Å². The van der Waals surface area contributed by atoms with Crippen LogP contribution < -0.4 is 18.9 Å². The maximum atomic E-state index is 13.1. The summed E-state index contributed by atoms with van der Waals surface area (Å²) >= 11 is 0. The summed E-state index contributed by atoms with van der Waals surface area (Å²) in [5.41, 5.74) is 2.71. The Bertz CT molecular complexity index is 1160. The Hall–Kier alpha value is -3.20. The van der Waals surface area contributed by atoms with Gasteiger partial charge in [-0.3, -0.25) is 9.40 Å². The van der Waals surface area contributed by atoms with Crippen LogP contribution in [0, 0.1) is 13.8 Å². The van der Waals surface area contributed by atoms with E-state index in [2.05, 4.69) is 9.82 Å². The topological polar surface area (TPSA) is 91.7 Å². The van der Waals surface area contributed by atoms with Crippen molar-refractivity contribution in [2.24, 2.45) is 0 Å². The van der Waals surface area contributed by atoms with E-state index in [0.29, 0.717) is 29.4 Å². The predicted octanol–water partition coefficient (Wildman–Crippen LogP) is 3.37. The Morgan fingerprint density at radius 2 is 1.67 bits per heavy atom. The molecule has 0 saturated carbocycles. The molecule has 30 heavy (non-hydrogen) atoms. The van der Waals surface area contributed by atoms with Crippen molar-refractivity contribution < 1.29 is 22.6 Å². The number of sulfonamides is 1. The lowest BCUT2D eigenvalue weighted by Crippen LogP contribution is -2.15. The molecule has 0 aliphatic carbocycles. The van der Waals surface area contributed by atoms with Crippen LogP contribution in [0.2, 0.25) is 0 Å². The van der Waals surface area contributed by atoms with Crippen LogP contribution in [0.3, 0.4) is 0 Å². The third-order valence-electron chi connectivity index (χ3n) is 4.74. The van der Waals surface area contributed by atoms with Gasteiger partial charge in [-0.05, 0) is 43.7 Å². The second kappa shape index (κ2) is 8.66. The molecule has 0 radical (unpaired) electrons. The van der Waals surface area contributed by atoms with Crippen molar-refractivity contribution >= 4 is 15.7 Å². The number of aromatic nitrogens is 2. The summed E-state index contributed by atoms with van der Waals surface area (Å²) in [5.74, 6) is 1.45. The molecule has 0 aliphatic rings. The molecule has 9 heteroatoms. The number of nitrogens with one attached hydrogen (secondary N) is 1. The van der Waals surface area contributed by atoms with Gasteiger partial charge in [-0.15, -0.1) is 0 Å². The highest BCUT2D eigenvalue weighted by Crippen LogP contribution is 2.31. The molecule has 0 amide bonds. The van der Waals surface area contributed by atoms with E-state index in [0.717, 1.165) is 11.3 Å². The molecular weight excluding hydrogens is 406 g/mol. The molecule has 0 aliphatic heterocycles. The minimum absolute atomic E-state index is 0.0187. The number of hydrogen-bond acceptors (Lipinski definition) is 6. The molecule has 1 aromatic heterocycles. The molecule has 0 bridgehead atoms. The number of nitrogens with zero attached hydrogens (tertiary/aromatic N) is 2. The second-order valence-corrected chi connectivity index (χ2v) is 8.33. The minimum Gasteiger partial charge on any atom is -0.497 e. The van der Waals surface area contributed by atoms with E-state index in [1.54, 1.807) is 24.8 Å². The fourth-order valence-electron chi connectivity index (χ4n) is 3.13. The summed E-state index contributed by atoms with van der Waals surface area (Å²) in [7, 11) is 0.631. The van der Waals surface area contributed by atoms with Crippen LogP contribution in [0.25, 0.3) is 0 Å². The van der Waals surface area contributed by atoms with Crippen LogP contribution in [0.1, 0.15) is 17.0 Å². The van der Waals surface area contributed by atoms with Gasteiger partial charge in [0, 0.05) is 6.07 Å². The van der Waals surface area contributed by atoms with Gasteiger partial charge in [0.05, 0.1) is 44.9 Å². The summed E-state index contributed by atoms with van der Waals surface area (Å²) in [4.78, 5) is 0.0187. The summed E-state index contributed by atoms with van der Waals surface area (Å²) in [6.07, 6.45) is 0. The Morgan fingerprint density at radius 1 is 0.967 bits per heavy atom. The first-order valence-corrected chi connectivity index (χ1v) is 10.7. The number of anilines is 1. The van der Waals surface area contributed by atoms with Crippen LogP contribution in [-0.4, -0.2) is 39.5 Å². The molecule has 1 N–H and O–H groups in total. The Morgan fingerprint density at radius 3 is 2.33 bits per heavy atom. The van der Waals surface area contributed by atoms with Crippen LogP contribution in [-0.2, 0) is 16.6 Å². The lowest BCUT2D eigenvalue weighted by atomic mass is 10.2. The first-order chi connectivity index (χ1) is 14.3. The SMILES string of the molecule is COc1cccc(Cn2nc(C)c(NS(=O)(=O)c3ccc(OC)cc3OC)c2C)c1. The average molecular weight is 432 g/mol. The number of aryl methyl sites for hydroxylation is 1. The second-order valence-electron chi connectivity index (χ2n) is 6.68. The first kappa shape index (κ1) is 21.5. The Balaban J connectivity index is 1.92. The van der Waals surface area contributed by atoms with Crippen molar-refractivity contribution in [1.82, 2.24) is 9.78 Å². The molecule has 0 atom stereocenters. The first-order valence-electron chi connectivity index (χ1n) is 9.21. The molecular formula is C21H25N3O5S. The summed E-state index contributed by atoms with van der Waals surface area (Å²) in [6.45, 7) is 4.07. The van der Waals surface area contributed by atoms with Gasteiger partial charge in [0.2, 0.25) is 0 Å². The Kier molecular flexibility index (Phi) is 6.21. The van der Waals surface area contributed by atoms with E-state index >= 15 is 0 Å². The molecule has 0 fully saturated rings. The predicted molar refractivity (Wildman–Crippen MR) is 114 cm³/mol. The van der Waals surface area contributed by atoms with E-state index in [4.69, 9.17) is 14.2 Å². The smallest absolute Gasteiger partial charge is 0.265 e. The van der Waals surface area contributed by atoms with Crippen molar-refractivity contribution in [2.75, 3.05) is 26.1 Å². The third kappa shape index (κ3) is 4.35. The van der Waals surface area contributed by atoms with Crippen molar-refractivity contribution in [1.29, 1.82) is 0 Å². The molecule has 8 nitrogen and oxygen atoms in total. The maximum absolute atomic E-state index is 13.1. The number of ether oxygens (including phenoxy) is 3. The number of benzene rings is 2. The van der Waals surface area contributed by atoms with Gasteiger partial charge in [-0.2, -0.15) is 5.10 Å². The number of methoxy groups -OCH3 is 3. The standard InChI is InChI=1S/C21H25N3O5S/c1-14-21(15(2)24(22-14)13-16-7-6-8-17(11-16)27-3)23-30(25,26)20-10-9-18(28-4)12-19(20)29-5/h6-12,23H,13H2,1-5H3. The zero-order chi connectivity index (χ0) is 21.9. The fraction of sp³-hybridized carbons (Fsp3) is 0.286. The highest BCUT2D eigenvalue weighted by Gasteiger charge is 2.24. The van der Waals surface area contributed by atoms with Gasteiger partial charge in [0.15, 0.2) is 0 Å². The van der Waals surface area contributed by atoms with Crippen LogP contribution in [0.4, 0.5) is 5.69 Å². The van der Waals surface area contributed by atoms with Crippen molar-refractivity contribution in [3.63, 3.8) is 0 Å². The van der Waals surface area contributed by atoms with E-state index in [1.807, 2.05) is 31.2 Å². The third-order valence-corrected chi connectivity index (χ3v) is 6.13. The fourth-order valence-corrected chi connectivity index (χ4v) is 4.46. The number of rotatable bonds is 8. The average Bonchev–Trinajstić information content (AvgIpc) is 3.00. The zero-order valence-corrected chi connectivity index (χ0v) is 18.4. The lowest BCUT2D eigenvalue weighted by molar-refractivity contribution is 0.386. The Labute approximate surface area is 176 Å². The highest BCUT2D eigenvalue weighted by atomic mass is 32.2. The van der Waals surface area contributed by atoms with E-state index in [-0.39, 0.29) is 10.6 Å². The van der Waals surface area contributed by atoms with Gasteiger partial charge in [-0.1, -0.05) is 12.1 Å². The molecule has 1 heterocycles. The molecule has 0 spiro atoms. The van der Waals surface area contributed by atoms with Crippen molar-refractivity contribution in [2.45, 2.75) is 25.3 Å². The molecule has 0 unspecified atom stereocenters. The summed E-state index contributed by atoms with van der Waals surface area (Å²) < 4.78 is 46.2. The number of hydrogen-bond donors (Lipinski definition) is 1. The van der Waals surface area contributed by atoms with Crippen molar-refractivity contribution in [3.05, 3.63) is 59.4 Å².